The van der Waals surface area contributed by atoms with Gasteiger partial charge in [-0.05, 0) is 6.42 Å². The highest BCUT2D eigenvalue weighted by atomic mass is 19.1. The van der Waals surface area contributed by atoms with Gasteiger partial charge in [0.25, 0.3) is 0 Å². The summed E-state index contributed by atoms with van der Waals surface area (Å²) in [6.45, 7) is 1.68. The number of benzene rings is 1. The fourth-order valence-electron chi connectivity index (χ4n) is 1.31. The van der Waals surface area contributed by atoms with Crippen molar-refractivity contribution in [3.63, 3.8) is 0 Å². The first-order valence-electron chi connectivity index (χ1n) is 4.88. The molecule has 1 aromatic rings. The van der Waals surface area contributed by atoms with Crippen LogP contribution in [-0.2, 0) is 0 Å². The lowest BCUT2D eigenvalue weighted by atomic mass is 10.2. The molecular weight excluding hydrogens is 235 g/mol. The lowest BCUT2D eigenvalue weighted by Gasteiger charge is -2.17. The zero-order valence-corrected chi connectivity index (χ0v) is 9.04. The van der Waals surface area contributed by atoms with Crippen molar-refractivity contribution in [2.24, 2.45) is 10.9 Å². The third-order valence-electron chi connectivity index (χ3n) is 2.21. The molecule has 0 aliphatic heterocycles. The van der Waals surface area contributed by atoms with E-state index in [1.54, 1.807) is 6.92 Å². The summed E-state index contributed by atoms with van der Waals surface area (Å²) in [4.78, 5) is 0. The van der Waals surface area contributed by atoms with Gasteiger partial charge in [0, 0.05) is 12.1 Å². The Morgan fingerprint density at radius 1 is 1.41 bits per heavy atom. The van der Waals surface area contributed by atoms with E-state index < -0.39 is 29.2 Å². The van der Waals surface area contributed by atoms with Crippen molar-refractivity contribution >= 4 is 11.5 Å². The molecule has 0 aliphatic carbocycles. The molecule has 0 saturated carbocycles. The number of hydrogen-bond donors (Lipinski definition) is 3. The normalized spacial score (nSPS) is 13.5. The molecule has 0 fully saturated rings. The predicted octanol–water partition coefficient (Wildman–Crippen LogP) is 2.04. The number of nitrogens with two attached hydrogens (primary N) is 1. The van der Waals surface area contributed by atoms with Gasteiger partial charge in [0.15, 0.2) is 17.5 Å². The molecule has 0 bridgehead atoms. The van der Waals surface area contributed by atoms with Crippen LogP contribution in [0.2, 0.25) is 0 Å². The van der Waals surface area contributed by atoms with Gasteiger partial charge in [-0.3, -0.25) is 0 Å². The van der Waals surface area contributed by atoms with Crippen LogP contribution in [0.3, 0.4) is 0 Å². The van der Waals surface area contributed by atoms with Crippen LogP contribution in [-0.4, -0.2) is 17.1 Å². The molecule has 0 aromatic heterocycles. The average Bonchev–Trinajstić information content (AvgIpc) is 2.27. The van der Waals surface area contributed by atoms with Gasteiger partial charge in [-0.1, -0.05) is 12.1 Å². The van der Waals surface area contributed by atoms with Gasteiger partial charge < -0.3 is 16.3 Å². The van der Waals surface area contributed by atoms with E-state index in [1.807, 2.05) is 0 Å². The van der Waals surface area contributed by atoms with Gasteiger partial charge >= 0.3 is 0 Å². The quantitative estimate of drug-likeness (QED) is 0.330. The largest absolute Gasteiger partial charge is 0.409 e. The summed E-state index contributed by atoms with van der Waals surface area (Å²) < 4.78 is 39.2. The summed E-state index contributed by atoms with van der Waals surface area (Å²) in [5.74, 6) is -3.38. The molecule has 1 unspecified atom stereocenters. The van der Waals surface area contributed by atoms with Crippen LogP contribution >= 0.6 is 0 Å². The van der Waals surface area contributed by atoms with Crippen LogP contribution in [0.15, 0.2) is 17.3 Å². The van der Waals surface area contributed by atoms with E-state index in [0.717, 1.165) is 0 Å². The second-order valence-electron chi connectivity index (χ2n) is 3.37. The molecule has 4 N–H and O–H groups in total. The maximum absolute atomic E-state index is 13.3. The van der Waals surface area contributed by atoms with Gasteiger partial charge in [0.1, 0.15) is 11.5 Å². The Balaban J connectivity index is 3.02. The Morgan fingerprint density at radius 3 is 2.35 bits per heavy atom. The lowest BCUT2D eigenvalue weighted by Crippen LogP contribution is -2.35. The zero-order valence-electron chi connectivity index (χ0n) is 9.04. The summed E-state index contributed by atoms with van der Waals surface area (Å²) in [7, 11) is 0. The summed E-state index contributed by atoms with van der Waals surface area (Å²) in [6, 6.07) is 0.351. The number of nitrogens with zero attached hydrogens (tertiary/aromatic N) is 1. The molecular formula is C10H12F3N3O. The first-order chi connectivity index (χ1) is 7.99. The minimum absolute atomic E-state index is 0.212. The number of rotatable bonds is 4. The Kier molecular flexibility index (Phi) is 4.19. The summed E-state index contributed by atoms with van der Waals surface area (Å²) in [6.07, 6.45) is 0.339. The average molecular weight is 247 g/mol. The standard InChI is InChI=1S/C10H12F3N3O/c1-2-8(10(14)16-17)15-9-6(12)3-5(11)4-7(9)13/h3-4,8,15,17H,2H2,1H3,(H2,14,16). The van der Waals surface area contributed by atoms with Crippen molar-refractivity contribution in [2.75, 3.05) is 5.32 Å². The van der Waals surface area contributed by atoms with Crippen LogP contribution in [0.25, 0.3) is 0 Å². The molecule has 17 heavy (non-hydrogen) atoms. The van der Waals surface area contributed by atoms with Crippen molar-refractivity contribution in [3.05, 3.63) is 29.6 Å². The maximum Gasteiger partial charge on any atom is 0.161 e. The maximum atomic E-state index is 13.3. The van der Waals surface area contributed by atoms with Gasteiger partial charge in [0.05, 0.1) is 6.04 Å². The molecule has 0 spiro atoms. The Labute approximate surface area is 95.9 Å². The number of anilines is 1. The monoisotopic (exact) mass is 247 g/mol. The lowest BCUT2D eigenvalue weighted by molar-refractivity contribution is 0.316. The number of nitrogens with one attached hydrogen (secondary N) is 1. The molecule has 0 amide bonds. The highest BCUT2D eigenvalue weighted by Gasteiger charge is 2.17. The van der Waals surface area contributed by atoms with Crippen molar-refractivity contribution in [1.82, 2.24) is 0 Å². The second-order valence-corrected chi connectivity index (χ2v) is 3.37. The molecule has 0 aliphatic rings. The minimum Gasteiger partial charge on any atom is -0.409 e. The zero-order chi connectivity index (χ0) is 13.0. The van der Waals surface area contributed by atoms with Gasteiger partial charge in [-0.25, -0.2) is 13.2 Å². The van der Waals surface area contributed by atoms with Crippen molar-refractivity contribution in [3.8, 4) is 0 Å². The number of oxime groups is 1. The van der Waals surface area contributed by atoms with E-state index in [-0.39, 0.29) is 5.84 Å². The van der Waals surface area contributed by atoms with Crippen molar-refractivity contribution in [1.29, 1.82) is 0 Å². The third-order valence-corrected chi connectivity index (χ3v) is 2.21. The van der Waals surface area contributed by atoms with E-state index in [1.165, 1.54) is 0 Å². The number of hydrogen-bond acceptors (Lipinski definition) is 3. The first-order valence-corrected chi connectivity index (χ1v) is 4.88. The van der Waals surface area contributed by atoms with Crippen molar-refractivity contribution < 1.29 is 18.4 Å². The fourth-order valence-corrected chi connectivity index (χ4v) is 1.31. The van der Waals surface area contributed by atoms with Crippen LogP contribution in [0, 0.1) is 17.5 Å². The Morgan fingerprint density at radius 2 is 1.94 bits per heavy atom. The number of halogens is 3. The highest BCUT2D eigenvalue weighted by Crippen LogP contribution is 2.21. The topological polar surface area (TPSA) is 70.6 Å². The van der Waals surface area contributed by atoms with Gasteiger partial charge in [-0.2, -0.15) is 0 Å². The molecule has 7 heteroatoms. The molecule has 94 valence electrons. The molecule has 4 nitrogen and oxygen atoms in total. The summed E-state index contributed by atoms with van der Waals surface area (Å²) in [5, 5.41) is 13.6. The van der Waals surface area contributed by atoms with E-state index in [0.29, 0.717) is 18.6 Å². The molecule has 0 saturated heterocycles. The molecule has 1 atom stereocenters. The minimum atomic E-state index is -1.08. The highest BCUT2D eigenvalue weighted by molar-refractivity contribution is 5.87. The van der Waals surface area contributed by atoms with E-state index in [4.69, 9.17) is 10.9 Å². The molecule has 0 radical (unpaired) electrons. The first kappa shape index (κ1) is 13.1. The fraction of sp³-hybridized carbons (Fsp3) is 0.300. The summed E-state index contributed by atoms with van der Waals surface area (Å²) in [5.41, 5.74) is 4.81. The van der Waals surface area contributed by atoms with E-state index in [2.05, 4.69) is 10.5 Å². The van der Waals surface area contributed by atoms with Gasteiger partial charge in [-0.15, -0.1) is 0 Å². The van der Waals surface area contributed by atoms with E-state index in [9.17, 15) is 13.2 Å². The number of amidine groups is 1. The second kappa shape index (κ2) is 5.42. The molecule has 0 heterocycles. The van der Waals surface area contributed by atoms with Gasteiger partial charge in [0.2, 0.25) is 0 Å². The van der Waals surface area contributed by atoms with Crippen LogP contribution in [0.1, 0.15) is 13.3 Å². The third kappa shape index (κ3) is 3.02. The Hall–Kier alpha value is -1.92. The van der Waals surface area contributed by atoms with Crippen LogP contribution < -0.4 is 11.1 Å². The van der Waals surface area contributed by atoms with E-state index >= 15 is 0 Å². The Bertz CT molecular complexity index is 414. The van der Waals surface area contributed by atoms with Crippen molar-refractivity contribution in [2.45, 2.75) is 19.4 Å². The molecule has 1 aromatic carbocycles. The summed E-state index contributed by atoms with van der Waals surface area (Å²) >= 11 is 0. The predicted molar refractivity (Wildman–Crippen MR) is 57.4 cm³/mol. The smallest absolute Gasteiger partial charge is 0.161 e. The molecule has 1 rings (SSSR count). The SMILES string of the molecule is CCC(Nc1c(F)cc(F)cc1F)C(N)=NO. The van der Waals surface area contributed by atoms with Crippen LogP contribution in [0.5, 0.6) is 0 Å². The van der Waals surface area contributed by atoms with Crippen LogP contribution in [0.4, 0.5) is 18.9 Å².